The molecule has 0 saturated heterocycles. The zero-order valence-electron chi connectivity index (χ0n) is 12.8. The highest BCUT2D eigenvalue weighted by Crippen LogP contribution is 2.44. The maximum atomic E-state index is 14.5. The molecular weight excluding hydrogens is 331 g/mol. The number of carbonyl (C=O) groups is 2. The van der Waals surface area contributed by atoms with Crippen LogP contribution in [-0.2, 0) is 30.2 Å². The van der Waals surface area contributed by atoms with Gasteiger partial charge in [0.2, 0.25) is 5.67 Å². The van der Waals surface area contributed by atoms with Crippen molar-refractivity contribution in [2.45, 2.75) is 56.9 Å². The van der Waals surface area contributed by atoms with E-state index in [0.29, 0.717) is 4.68 Å². The quantitative estimate of drug-likeness (QED) is 0.810. The predicted molar refractivity (Wildman–Crippen MR) is 73.6 cm³/mol. The first-order valence-corrected chi connectivity index (χ1v) is 7.44. The van der Waals surface area contributed by atoms with E-state index in [-0.39, 0.29) is 24.2 Å². The van der Waals surface area contributed by atoms with Crippen molar-refractivity contribution in [3.8, 4) is 0 Å². The molecule has 0 aliphatic carbocycles. The maximum absolute atomic E-state index is 14.5. The minimum absolute atomic E-state index is 0.0511. The summed E-state index contributed by atoms with van der Waals surface area (Å²) in [6.45, 7) is 0.529. The molecule has 1 aromatic rings. The van der Waals surface area contributed by atoms with Crippen molar-refractivity contribution in [1.29, 1.82) is 0 Å². The van der Waals surface area contributed by atoms with Gasteiger partial charge in [-0.2, -0.15) is 13.9 Å². The fourth-order valence-electron chi connectivity index (χ4n) is 3.34. The minimum Gasteiger partial charge on any atom is -0.479 e. The molecule has 0 aromatic carbocycles. The summed E-state index contributed by atoms with van der Waals surface area (Å²) in [5.41, 5.74) is -3.09. The number of rotatable bonds is 1. The molecule has 1 amide bonds. The van der Waals surface area contributed by atoms with Crippen molar-refractivity contribution in [3.63, 3.8) is 0 Å². The van der Waals surface area contributed by atoms with E-state index in [1.54, 1.807) is 6.92 Å². The second kappa shape index (κ2) is 5.12. The molecule has 0 fully saturated rings. The van der Waals surface area contributed by atoms with E-state index in [9.17, 15) is 27.9 Å². The van der Waals surface area contributed by atoms with Gasteiger partial charge in [-0.15, -0.1) is 0 Å². The van der Waals surface area contributed by atoms with Crippen LogP contribution in [0.3, 0.4) is 0 Å². The standard InChI is InChI=1S/C14H16F3N3O4/c1-7-4-9-8(5-19(7)12(23)24)10-14(16,17)3-2-13(15,11(21)22)6-20(10)18-9/h7H,2-6H2,1H3,(H,21,22)(H,23,24). The fourth-order valence-corrected chi connectivity index (χ4v) is 3.34. The number of hydrogen-bond donors (Lipinski definition) is 2. The Morgan fingerprint density at radius 3 is 2.50 bits per heavy atom. The number of nitrogens with zero attached hydrogens (tertiary/aromatic N) is 3. The lowest BCUT2D eigenvalue weighted by atomic mass is 9.95. The Labute approximate surface area is 134 Å². The lowest BCUT2D eigenvalue weighted by molar-refractivity contribution is -0.153. The van der Waals surface area contributed by atoms with Crippen molar-refractivity contribution in [2.24, 2.45) is 0 Å². The lowest BCUT2D eigenvalue weighted by Gasteiger charge is -2.31. The molecule has 24 heavy (non-hydrogen) atoms. The Bertz CT molecular complexity index is 720. The van der Waals surface area contributed by atoms with Gasteiger partial charge in [-0.05, 0) is 6.92 Å². The normalized spacial score (nSPS) is 28.7. The molecule has 0 radical (unpaired) electrons. The van der Waals surface area contributed by atoms with Gasteiger partial charge in [0, 0.05) is 30.9 Å². The third kappa shape index (κ3) is 2.40. The Kier molecular flexibility index (Phi) is 3.54. The highest BCUT2D eigenvalue weighted by atomic mass is 19.3. The largest absolute Gasteiger partial charge is 0.479 e. The third-order valence-electron chi connectivity index (χ3n) is 4.69. The van der Waals surface area contributed by atoms with Crippen LogP contribution in [0.2, 0.25) is 0 Å². The Morgan fingerprint density at radius 1 is 1.25 bits per heavy atom. The molecule has 3 heterocycles. The third-order valence-corrected chi connectivity index (χ3v) is 4.69. The van der Waals surface area contributed by atoms with Gasteiger partial charge in [-0.3, -0.25) is 4.68 Å². The first-order valence-electron chi connectivity index (χ1n) is 7.44. The van der Waals surface area contributed by atoms with Gasteiger partial charge in [0.1, 0.15) is 5.69 Å². The van der Waals surface area contributed by atoms with E-state index in [1.165, 1.54) is 0 Å². The summed E-state index contributed by atoms with van der Waals surface area (Å²) in [7, 11) is 0. The molecule has 0 saturated carbocycles. The van der Waals surface area contributed by atoms with Gasteiger partial charge in [-0.25, -0.2) is 14.0 Å². The van der Waals surface area contributed by atoms with E-state index in [2.05, 4.69) is 5.10 Å². The van der Waals surface area contributed by atoms with Crippen molar-refractivity contribution < 1.29 is 33.0 Å². The number of halogens is 3. The number of aromatic nitrogens is 2. The van der Waals surface area contributed by atoms with E-state index in [1.807, 2.05) is 0 Å². The van der Waals surface area contributed by atoms with Crippen LogP contribution in [0.15, 0.2) is 0 Å². The molecule has 132 valence electrons. The maximum Gasteiger partial charge on any atom is 0.407 e. The first-order chi connectivity index (χ1) is 11.0. The SMILES string of the molecule is CC1Cc2nn3c(c2CN1C(=O)O)C(F)(F)CCC(F)(C(=O)O)C3. The summed E-state index contributed by atoms with van der Waals surface area (Å²) >= 11 is 0. The number of amides is 1. The van der Waals surface area contributed by atoms with Gasteiger partial charge in [0.25, 0.3) is 5.92 Å². The van der Waals surface area contributed by atoms with Crippen LogP contribution in [0, 0.1) is 0 Å². The van der Waals surface area contributed by atoms with Crippen LogP contribution in [0.1, 0.15) is 36.7 Å². The van der Waals surface area contributed by atoms with Gasteiger partial charge in [0.15, 0.2) is 0 Å². The van der Waals surface area contributed by atoms with Crippen LogP contribution in [0.25, 0.3) is 0 Å². The summed E-state index contributed by atoms with van der Waals surface area (Å²) in [5.74, 6) is -5.28. The monoisotopic (exact) mass is 347 g/mol. The molecule has 2 aliphatic rings. The highest BCUT2D eigenvalue weighted by Gasteiger charge is 2.51. The number of carboxylic acid groups (broad SMARTS) is 2. The minimum atomic E-state index is -3.48. The van der Waals surface area contributed by atoms with Crippen LogP contribution < -0.4 is 0 Å². The van der Waals surface area contributed by atoms with E-state index in [4.69, 9.17) is 5.11 Å². The number of aliphatic carboxylic acids is 1. The highest BCUT2D eigenvalue weighted by molar-refractivity contribution is 5.77. The van der Waals surface area contributed by atoms with E-state index >= 15 is 0 Å². The van der Waals surface area contributed by atoms with Crippen molar-refractivity contribution in [2.75, 3.05) is 0 Å². The first kappa shape index (κ1) is 16.6. The molecule has 2 N–H and O–H groups in total. The van der Waals surface area contributed by atoms with E-state index < -0.39 is 54.8 Å². The van der Waals surface area contributed by atoms with Crippen LogP contribution in [0.5, 0.6) is 0 Å². The predicted octanol–water partition coefficient (Wildman–Crippen LogP) is 1.99. The smallest absolute Gasteiger partial charge is 0.407 e. The number of fused-ring (bicyclic) bond motifs is 3. The van der Waals surface area contributed by atoms with Crippen molar-refractivity contribution in [3.05, 3.63) is 17.0 Å². The van der Waals surface area contributed by atoms with Gasteiger partial charge in [-0.1, -0.05) is 0 Å². The molecule has 2 atom stereocenters. The zero-order chi connectivity index (χ0) is 17.9. The molecule has 2 unspecified atom stereocenters. The average molecular weight is 347 g/mol. The zero-order valence-corrected chi connectivity index (χ0v) is 12.8. The average Bonchev–Trinajstić information content (AvgIpc) is 2.76. The van der Waals surface area contributed by atoms with Gasteiger partial charge in [0.05, 0.1) is 18.8 Å². The molecule has 3 rings (SSSR count). The number of carboxylic acids is 1. The fraction of sp³-hybridized carbons (Fsp3) is 0.643. The van der Waals surface area contributed by atoms with Gasteiger partial charge < -0.3 is 15.1 Å². The summed E-state index contributed by atoms with van der Waals surface area (Å²) in [6.07, 6.45) is -2.94. The molecule has 10 heteroatoms. The van der Waals surface area contributed by atoms with Crippen molar-refractivity contribution >= 4 is 12.1 Å². The Balaban J connectivity index is 2.11. The number of alkyl halides is 3. The van der Waals surface area contributed by atoms with Crippen LogP contribution in [0.4, 0.5) is 18.0 Å². The summed E-state index contributed by atoms with van der Waals surface area (Å²) in [6, 6.07) is -0.461. The van der Waals surface area contributed by atoms with Crippen LogP contribution in [-0.4, -0.2) is 48.7 Å². The number of hydrogen-bond acceptors (Lipinski definition) is 3. The van der Waals surface area contributed by atoms with Crippen molar-refractivity contribution in [1.82, 2.24) is 14.7 Å². The molecule has 2 aliphatic heterocycles. The summed E-state index contributed by atoms with van der Waals surface area (Å²) in [5, 5.41) is 22.2. The van der Waals surface area contributed by atoms with Gasteiger partial charge >= 0.3 is 12.1 Å². The molecule has 7 nitrogen and oxygen atoms in total. The Morgan fingerprint density at radius 2 is 1.92 bits per heavy atom. The molecule has 0 bridgehead atoms. The summed E-state index contributed by atoms with van der Waals surface area (Å²) in [4.78, 5) is 23.4. The molecule has 1 aromatic heterocycles. The summed E-state index contributed by atoms with van der Waals surface area (Å²) < 4.78 is 44.3. The second-order valence-electron chi connectivity index (χ2n) is 6.37. The second-order valence-corrected chi connectivity index (χ2v) is 6.37. The lowest BCUT2D eigenvalue weighted by Crippen LogP contribution is -2.42. The van der Waals surface area contributed by atoms with E-state index in [0.717, 1.165) is 4.90 Å². The van der Waals surface area contributed by atoms with Crippen LogP contribution >= 0.6 is 0 Å². The molecule has 0 spiro atoms. The topological polar surface area (TPSA) is 95.7 Å². The Hall–Kier alpha value is -2.26. The molecular formula is C14H16F3N3O4.